The molecule has 0 spiro atoms. The van der Waals surface area contributed by atoms with Gasteiger partial charge in [0.15, 0.2) is 0 Å². The Bertz CT molecular complexity index is 882. The Kier molecular flexibility index (Phi) is 25.1. The topological polar surface area (TPSA) is 121 Å². The molecule has 1 heterocycles. The number of rotatable bonds is 14. The van der Waals surface area contributed by atoms with Gasteiger partial charge >= 0.3 is 6.09 Å². The number of nitrogens with zero attached hydrogens (tertiary/aromatic N) is 1. The Morgan fingerprint density at radius 1 is 1.16 bits per heavy atom. The lowest BCUT2D eigenvalue weighted by Crippen LogP contribution is -2.33. The molecule has 0 saturated carbocycles. The number of aliphatic hydroxyl groups excluding tert-OH is 1. The minimum Gasteiger partial charge on any atom is -0.444 e. The highest BCUT2D eigenvalue weighted by atomic mass is 16.6. The zero-order valence-corrected chi connectivity index (χ0v) is 28.6. The Labute approximate surface area is 262 Å². The van der Waals surface area contributed by atoms with Crippen LogP contribution in [-0.4, -0.2) is 74.5 Å². The second-order valence-corrected chi connectivity index (χ2v) is 11.8. The van der Waals surface area contributed by atoms with Gasteiger partial charge in [-0.2, -0.15) is 0 Å². The Hall–Kier alpha value is -2.91. The molecule has 1 aliphatic heterocycles. The van der Waals surface area contributed by atoms with E-state index in [0.717, 1.165) is 49.2 Å². The van der Waals surface area contributed by atoms with E-state index in [2.05, 4.69) is 54.9 Å². The Morgan fingerprint density at radius 2 is 1.77 bits per heavy atom. The average molecular weight is 607 g/mol. The summed E-state index contributed by atoms with van der Waals surface area (Å²) in [5, 5.41) is 18.2. The van der Waals surface area contributed by atoms with Crippen LogP contribution in [0.25, 0.3) is 0 Å². The summed E-state index contributed by atoms with van der Waals surface area (Å²) in [5.41, 5.74) is 2.53. The molecule has 1 saturated heterocycles. The maximum Gasteiger partial charge on any atom is 0.407 e. The van der Waals surface area contributed by atoms with Crippen LogP contribution in [0.15, 0.2) is 53.1 Å². The third-order valence-electron chi connectivity index (χ3n) is 6.38. The van der Waals surface area contributed by atoms with Crippen LogP contribution in [0.1, 0.15) is 88.0 Å². The van der Waals surface area contributed by atoms with Crippen LogP contribution in [0.2, 0.25) is 0 Å². The molecule has 0 radical (unpaired) electrons. The zero-order chi connectivity index (χ0) is 33.3. The Morgan fingerprint density at radius 3 is 2.23 bits per heavy atom. The summed E-state index contributed by atoms with van der Waals surface area (Å²) in [6.07, 6.45) is 8.38. The summed E-state index contributed by atoms with van der Waals surface area (Å²) in [5.74, 6) is 2.46. The number of hydrogen-bond donors (Lipinski definition) is 4. The molecule has 0 aliphatic carbocycles. The second-order valence-electron chi connectivity index (χ2n) is 11.8. The highest BCUT2D eigenvalue weighted by Gasteiger charge is 2.16. The van der Waals surface area contributed by atoms with Crippen molar-refractivity contribution >= 4 is 18.3 Å². The quantitative estimate of drug-likeness (QED) is 0.0622. The number of aliphatic hydroxyl groups is 1. The minimum atomic E-state index is -0.625. The molecule has 1 fully saturated rings. The summed E-state index contributed by atoms with van der Waals surface area (Å²) >= 11 is 0. The molecule has 1 atom stereocenters. The van der Waals surface area contributed by atoms with Gasteiger partial charge in [-0.15, -0.1) is 0 Å². The molecule has 0 aromatic heterocycles. The first kappa shape index (κ1) is 42.2. The van der Waals surface area contributed by atoms with Gasteiger partial charge in [0.2, 0.25) is 6.41 Å². The van der Waals surface area contributed by atoms with Crippen molar-refractivity contribution in [2.75, 3.05) is 39.4 Å². The van der Waals surface area contributed by atoms with E-state index in [1.165, 1.54) is 18.4 Å². The van der Waals surface area contributed by atoms with Gasteiger partial charge in [0, 0.05) is 39.4 Å². The van der Waals surface area contributed by atoms with Crippen molar-refractivity contribution in [3.8, 4) is 0 Å². The van der Waals surface area contributed by atoms with Gasteiger partial charge in [-0.25, -0.2) is 4.79 Å². The molecular weight excluding hydrogens is 544 g/mol. The van der Waals surface area contributed by atoms with Crippen molar-refractivity contribution in [2.24, 2.45) is 16.8 Å². The third-order valence-corrected chi connectivity index (χ3v) is 6.38. The standard InChI is InChI=1S/C18H30N2O4.C10H20N2O.C6H12/c1-6-8-15(9-10-16(22)12-19-13-21)14(7-2)11-20-17(23)24-18(3,4)5;1-3-11-9(2)12-8-10-4-6-13-7-5-10;1-5(2)6(3)4/h6-8,13,16,22H,2,9-12H2,1,3-5H3,(H,19,21)(H,20,23);10H,3-8H2,1-2H3,(H,11,12);6H,1H2,2-4H3/b8-6-,15-14-;;. The monoisotopic (exact) mass is 606 g/mol. The number of carbonyl (C=O) groups is 2. The molecule has 248 valence electrons. The summed E-state index contributed by atoms with van der Waals surface area (Å²) < 4.78 is 10.5. The molecule has 1 aliphatic rings. The molecule has 0 aromatic rings. The predicted molar refractivity (Wildman–Crippen MR) is 180 cm³/mol. The SMILES string of the molecule is C=C(C)C(C)C.C=C/C(CNC(=O)OC(C)(C)C)=C(\C=C/C)CCC(O)CNC=O.CCNC(C)=NCC1CCOCC1. The van der Waals surface area contributed by atoms with E-state index in [1.807, 2.05) is 32.9 Å². The number of amides is 2. The van der Waals surface area contributed by atoms with Crippen LogP contribution >= 0.6 is 0 Å². The van der Waals surface area contributed by atoms with E-state index in [4.69, 9.17) is 9.47 Å². The smallest absolute Gasteiger partial charge is 0.407 e. The molecule has 4 N–H and O–H groups in total. The molecule has 1 rings (SSSR count). The Balaban J connectivity index is 0. The second kappa shape index (κ2) is 25.6. The fourth-order valence-corrected chi connectivity index (χ4v) is 3.47. The van der Waals surface area contributed by atoms with Crippen LogP contribution in [-0.2, 0) is 14.3 Å². The number of hydrogen-bond acceptors (Lipinski definition) is 6. The highest BCUT2D eigenvalue weighted by molar-refractivity contribution is 5.79. The van der Waals surface area contributed by atoms with Gasteiger partial charge in [-0.3, -0.25) is 9.79 Å². The average Bonchev–Trinajstić information content (AvgIpc) is 2.94. The minimum absolute atomic E-state index is 0.214. The first-order valence-corrected chi connectivity index (χ1v) is 15.5. The zero-order valence-electron chi connectivity index (χ0n) is 28.6. The van der Waals surface area contributed by atoms with Crippen molar-refractivity contribution in [1.82, 2.24) is 16.0 Å². The highest BCUT2D eigenvalue weighted by Crippen LogP contribution is 2.16. The maximum absolute atomic E-state index is 11.8. The van der Waals surface area contributed by atoms with Gasteiger partial charge < -0.3 is 30.5 Å². The fraction of sp³-hybridized carbons (Fsp3) is 0.676. The number of aliphatic imine (C=N–C) groups is 1. The molecule has 9 nitrogen and oxygen atoms in total. The molecule has 1 unspecified atom stereocenters. The van der Waals surface area contributed by atoms with Gasteiger partial charge in [-0.1, -0.05) is 50.8 Å². The van der Waals surface area contributed by atoms with Gasteiger partial charge in [0.05, 0.1) is 11.9 Å². The fourth-order valence-electron chi connectivity index (χ4n) is 3.47. The van der Waals surface area contributed by atoms with E-state index < -0.39 is 17.8 Å². The van der Waals surface area contributed by atoms with Gasteiger partial charge in [0.1, 0.15) is 5.60 Å². The normalized spacial score (nSPS) is 15.2. The van der Waals surface area contributed by atoms with E-state index in [1.54, 1.807) is 26.8 Å². The lowest BCUT2D eigenvalue weighted by Gasteiger charge is -2.20. The predicted octanol–water partition coefficient (Wildman–Crippen LogP) is 6.12. The van der Waals surface area contributed by atoms with Crippen molar-refractivity contribution in [3.63, 3.8) is 0 Å². The van der Waals surface area contributed by atoms with E-state index in [-0.39, 0.29) is 6.54 Å². The molecule has 0 aromatic carbocycles. The van der Waals surface area contributed by atoms with Gasteiger partial charge in [-0.05, 0) is 97.1 Å². The number of ether oxygens (including phenoxy) is 2. The van der Waals surface area contributed by atoms with E-state index >= 15 is 0 Å². The number of carbonyl (C=O) groups excluding carboxylic acids is 2. The van der Waals surface area contributed by atoms with Crippen LogP contribution in [0.3, 0.4) is 0 Å². The molecule has 43 heavy (non-hydrogen) atoms. The van der Waals surface area contributed by atoms with Crippen LogP contribution in [0, 0.1) is 11.8 Å². The number of nitrogens with one attached hydrogen (secondary N) is 3. The van der Waals surface area contributed by atoms with Crippen LogP contribution < -0.4 is 16.0 Å². The van der Waals surface area contributed by atoms with Gasteiger partial charge in [0.25, 0.3) is 0 Å². The lowest BCUT2D eigenvalue weighted by molar-refractivity contribution is -0.110. The van der Waals surface area contributed by atoms with Crippen molar-refractivity contribution in [3.05, 3.63) is 48.1 Å². The maximum atomic E-state index is 11.8. The largest absolute Gasteiger partial charge is 0.444 e. The van der Waals surface area contributed by atoms with Crippen molar-refractivity contribution < 1.29 is 24.2 Å². The number of amidine groups is 1. The van der Waals surface area contributed by atoms with Crippen molar-refractivity contribution in [2.45, 2.75) is 99.7 Å². The summed E-state index contributed by atoms with van der Waals surface area (Å²) in [4.78, 5) is 26.5. The number of allylic oxidation sites excluding steroid dienone is 4. The van der Waals surface area contributed by atoms with Crippen LogP contribution in [0.4, 0.5) is 4.79 Å². The first-order valence-electron chi connectivity index (χ1n) is 15.5. The summed E-state index contributed by atoms with van der Waals surface area (Å²) in [6.45, 7) is 29.6. The summed E-state index contributed by atoms with van der Waals surface area (Å²) in [7, 11) is 0. The van der Waals surface area contributed by atoms with E-state index in [0.29, 0.717) is 31.7 Å². The number of alkyl carbamates (subject to hydrolysis) is 1. The molecule has 2 amide bonds. The molecule has 9 heteroatoms. The van der Waals surface area contributed by atoms with E-state index in [9.17, 15) is 14.7 Å². The molecular formula is C34H62N4O5. The van der Waals surface area contributed by atoms with Crippen molar-refractivity contribution in [1.29, 1.82) is 0 Å². The molecule has 0 bridgehead atoms. The third kappa shape index (κ3) is 26.4. The lowest BCUT2D eigenvalue weighted by atomic mass is 10.0. The van der Waals surface area contributed by atoms with Crippen LogP contribution in [0.5, 0.6) is 0 Å². The first-order chi connectivity index (χ1) is 20.2. The summed E-state index contributed by atoms with van der Waals surface area (Å²) in [6, 6.07) is 0.